The van der Waals surface area contributed by atoms with E-state index in [9.17, 15) is 9.59 Å². The summed E-state index contributed by atoms with van der Waals surface area (Å²) in [5, 5.41) is 7.03. The summed E-state index contributed by atoms with van der Waals surface area (Å²) >= 11 is 0. The maximum Gasteiger partial charge on any atom is 0.261 e. The fraction of sp³-hybridized carbons (Fsp3) is 0.474. The van der Waals surface area contributed by atoms with E-state index in [0.29, 0.717) is 49.1 Å². The highest BCUT2D eigenvalue weighted by Gasteiger charge is 2.26. The van der Waals surface area contributed by atoms with E-state index in [1.165, 1.54) is 14.2 Å². The van der Waals surface area contributed by atoms with Crippen LogP contribution in [0.3, 0.4) is 0 Å². The van der Waals surface area contributed by atoms with Crippen LogP contribution in [0.4, 0.5) is 0 Å². The zero-order valence-corrected chi connectivity index (χ0v) is 16.9. The smallest absolute Gasteiger partial charge is 0.261 e. The molecule has 0 bridgehead atoms. The first-order chi connectivity index (χ1) is 14.0. The molecule has 0 atom stereocenters. The van der Waals surface area contributed by atoms with Gasteiger partial charge in [0.25, 0.3) is 11.8 Å². The number of aromatic nitrogens is 3. The Morgan fingerprint density at radius 1 is 1.10 bits per heavy atom. The molecule has 0 aromatic carbocycles. The van der Waals surface area contributed by atoms with Crippen molar-refractivity contribution in [2.45, 2.75) is 0 Å². The molecule has 1 fully saturated rings. The molecule has 0 saturated carbocycles. The molecule has 2 aromatic heterocycles. The molecule has 0 spiro atoms. The summed E-state index contributed by atoms with van der Waals surface area (Å²) in [5.41, 5.74) is 0.886. The van der Waals surface area contributed by atoms with Crippen molar-refractivity contribution in [2.24, 2.45) is 7.05 Å². The van der Waals surface area contributed by atoms with Gasteiger partial charge in [0.15, 0.2) is 0 Å². The Bertz CT molecular complexity index is 860. The first-order valence-electron chi connectivity index (χ1n) is 9.40. The van der Waals surface area contributed by atoms with Gasteiger partial charge in [-0.05, 0) is 12.1 Å². The lowest BCUT2D eigenvalue weighted by molar-refractivity contribution is 0.0634. The molecule has 3 rings (SSSR count). The molecule has 1 N–H and O–H groups in total. The van der Waals surface area contributed by atoms with E-state index in [1.54, 1.807) is 41.2 Å². The average molecular weight is 402 g/mol. The molecule has 29 heavy (non-hydrogen) atoms. The van der Waals surface area contributed by atoms with Crippen molar-refractivity contribution < 1.29 is 19.1 Å². The Labute approximate surface area is 169 Å². The van der Waals surface area contributed by atoms with Crippen LogP contribution < -0.4 is 14.8 Å². The highest BCUT2D eigenvalue weighted by Crippen LogP contribution is 2.18. The van der Waals surface area contributed by atoms with Crippen LogP contribution in [-0.4, -0.2) is 89.9 Å². The van der Waals surface area contributed by atoms with Gasteiger partial charge in [0.2, 0.25) is 11.8 Å². The second kappa shape index (κ2) is 9.37. The van der Waals surface area contributed by atoms with Crippen molar-refractivity contribution in [1.82, 2.24) is 29.9 Å². The maximum absolute atomic E-state index is 12.7. The van der Waals surface area contributed by atoms with Gasteiger partial charge in [0.05, 0.1) is 14.2 Å². The number of methoxy groups -OCH3 is 2. The molecule has 10 heteroatoms. The van der Waals surface area contributed by atoms with Crippen LogP contribution in [0.1, 0.15) is 20.7 Å². The lowest BCUT2D eigenvalue weighted by Gasteiger charge is -2.34. The Kier molecular flexibility index (Phi) is 6.65. The Balaban J connectivity index is 1.45. The highest BCUT2D eigenvalue weighted by atomic mass is 16.5. The predicted molar refractivity (Wildman–Crippen MR) is 105 cm³/mol. The molecule has 1 saturated heterocycles. The molecule has 10 nitrogen and oxygen atoms in total. The summed E-state index contributed by atoms with van der Waals surface area (Å²) in [6, 6.07) is 3.38. The van der Waals surface area contributed by atoms with E-state index in [-0.39, 0.29) is 11.8 Å². The number of carbonyl (C=O) groups excluding carboxylic acids is 2. The van der Waals surface area contributed by atoms with Gasteiger partial charge < -0.3 is 19.7 Å². The van der Waals surface area contributed by atoms with E-state index >= 15 is 0 Å². The normalized spacial score (nSPS) is 14.5. The van der Waals surface area contributed by atoms with Crippen LogP contribution in [-0.2, 0) is 7.05 Å². The number of aryl methyl sites for hydroxylation is 1. The summed E-state index contributed by atoms with van der Waals surface area (Å²) in [6.45, 7) is 3.90. The Morgan fingerprint density at radius 3 is 2.52 bits per heavy atom. The number of hydrogen-bond acceptors (Lipinski definition) is 7. The van der Waals surface area contributed by atoms with Gasteiger partial charge >= 0.3 is 0 Å². The summed E-state index contributed by atoms with van der Waals surface area (Å²) in [5.74, 6) is 0.357. The number of carbonyl (C=O) groups is 2. The molecule has 1 aliphatic rings. The van der Waals surface area contributed by atoms with Crippen LogP contribution >= 0.6 is 0 Å². The van der Waals surface area contributed by atoms with Gasteiger partial charge in [-0.25, -0.2) is 4.98 Å². The third-order valence-electron chi connectivity index (χ3n) is 4.80. The van der Waals surface area contributed by atoms with E-state index in [1.807, 2.05) is 0 Å². The Morgan fingerprint density at radius 2 is 1.83 bits per heavy atom. The summed E-state index contributed by atoms with van der Waals surface area (Å²) in [6.07, 6.45) is 3.26. The molecule has 0 aliphatic carbocycles. The standard InChI is InChI=1S/C19H26N6O4/c1-23-13-15(18(22-23)29-3)19(27)25-11-9-24(10-12-25)8-7-20-16(26)14-5-4-6-21-17(14)28-2/h4-6,13H,7-12H2,1-3H3,(H,20,26). The van der Waals surface area contributed by atoms with E-state index < -0.39 is 0 Å². The minimum absolute atomic E-state index is 0.0772. The summed E-state index contributed by atoms with van der Waals surface area (Å²) in [7, 11) is 4.75. The van der Waals surface area contributed by atoms with Gasteiger partial charge in [0, 0.05) is 58.7 Å². The van der Waals surface area contributed by atoms with Crippen LogP contribution in [0.15, 0.2) is 24.5 Å². The van der Waals surface area contributed by atoms with Crippen molar-refractivity contribution in [3.05, 3.63) is 35.7 Å². The number of piperazine rings is 1. The minimum atomic E-state index is -0.215. The average Bonchev–Trinajstić information content (AvgIpc) is 3.14. The summed E-state index contributed by atoms with van der Waals surface area (Å²) < 4.78 is 11.9. The summed E-state index contributed by atoms with van der Waals surface area (Å²) in [4.78, 5) is 33.1. The second-order valence-corrected chi connectivity index (χ2v) is 6.68. The number of nitrogens with one attached hydrogen (secondary N) is 1. The number of pyridine rings is 1. The molecule has 156 valence electrons. The number of amides is 2. The molecular weight excluding hydrogens is 376 g/mol. The first kappa shape index (κ1) is 20.6. The van der Waals surface area contributed by atoms with Gasteiger partial charge in [-0.3, -0.25) is 19.2 Å². The molecule has 1 aliphatic heterocycles. The minimum Gasteiger partial charge on any atom is -0.480 e. The number of nitrogens with zero attached hydrogens (tertiary/aromatic N) is 5. The van der Waals surface area contributed by atoms with Crippen LogP contribution in [0.2, 0.25) is 0 Å². The molecule has 2 amide bonds. The molecule has 3 heterocycles. The SMILES string of the molecule is COc1ncccc1C(=O)NCCN1CCN(C(=O)c2cn(C)nc2OC)CC1. The van der Waals surface area contributed by atoms with Crippen molar-refractivity contribution in [3.63, 3.8) is 0 Å². The predicted octanol–water partition coefficient (Wildman–Crippen LogP) is 0.0201. The first-order valence-corrected chi connectivity index (χ1v) is 9.40. The van der Waals surface area contributed by atoms with Crippen LogP contribution in [0.5, 0.6) is 11.8 Å². The topological polar surface area (TPSA) is 102 Å². The Hall–Kier alpha value is -3.14. The van der Waals surface area contributed by atoms with E-state index in [2.05, 4.69) is 20.3 Å². The lowest BCUT2D eigenvalue weighted by atomic mass is 10.2. The molecule has 2 aromatic rings. The lowest BCUT2D eigenvalue weighted by Crippen LogP contribution is -2.50. The van der Waals surface area contributed by atoms with Crippen molar-refractivity contribution in [1.29, 1.82) is 0 Å². The highest BCUT2D eigenvalue weighted by molar-refractivity contribution is 5.96. The quantitative estimate of drug-likeness (QED) is 0.697. The van der Waals surface area contributed by atoms with Gasteiger partial charge in [0.1, 0.15) is 11.1 Å². The third-order valence-corrected chi connectivity index (χ3v) is 4.80. The van der Waals surface area contributed by atoms with Gasteiger partial charge in [-0.15, -0.1) is 5.10 Å². The maximum atomic E-state index is 12.7. The second-order valence-electron chi connectivity index (χ2n) is 6.68. The van der Waals surface area contributed by atoms with Gasteiger partial charge in [-0.2, -0.15) is 0 Å². The molecule has 0 radical (unpaired) electrons. The van der Waals surface area contributed by atoms with Crippen molar-refractivity contribution in [3.8, 4) is 11.8 Å². The van der Waals surface area contributed by atoms with Gasteiger partial charge in [-0.1, -0.05) is 0 Å². The molecule has 0 unspecified atom stereocenters. The monoisotopic (exact) mass is 402 g/mol. The van der Waals surface area contributed by atoms with Crippen molar-refractivity contribution >= 4 is 11.8 Å². The van der Waals surface area contributed by atoms with E-state index in [4.69, 9.17) is 9.47 Å². The zero-order valence-electron chi connectivity index (χ0n) is 16.9. The van der Waals surface area contributed by atoms with Crippen LogP contribution in [0, 0.1) is 0 Å². The van der Waals surface area contributed by atoms with E-state index in [0.717, 1.165) is 13.1 Å². The number of ether oxygens (including phenoxy) is 2. The van der Waals surface area contributed by atoms with Crippen LogP contribution in [0.25, 0.3) is 0 Å². The molecular formula is C19H26N6O4. The number of hydrogen-bond donors (Lipinski definition) is 1. The van der Waals surface area contributed by atoms with Crippen molar-refractivity contribution in [2.75, 3.05) is 53.5 Å². The fourth-order valence-electron chi connectivity index (χ4n) is 3.26. The zero-order chi connectivity index (χ0) is 20.8. The largest absolute Gasteiger partial charge is 0.480 e. The fourth-order valence-corrected chi connectivity index (χ4v) is 3.26. The number of rotatable bonds is 7. The third kappa shape index (κ3) is 4.83.